The first-order chi connectivity index (χ1) is 15.3. The number of amides is 1. The van der Waals surface area contributed by atoms with Crippen LogP contribution in [0.25, 0.3) is 22.2 Å². The van der Waals surface area contributed by atoms with Crippen molar-refractivity contribution in [3.05, 3.63) is 93.2 Å². The summed E-state index contributed by atoms with van der Waals surface area (Å²) in [5.74, 6) is -2.58. The van der Waals surface area contributed by atoms with Crippen molar-refractivity contribution in [3.63, 3.8) is 0 Å². The Balaban J connectivity index is 1.90. The van der Waals surface area contributed by atoms with Gasteiger partial charge in [-0.25, -0.2) is 14.2 Å². The first-order valence-corrected chi connectivity index (χ1v) is 10.6. The Morgan fingerprint density at radius 3 is 2.41 bits per heavy atom. The molecule has 32 heavy (non-hydrogen) atoms. The number of rotatable bonds is 4. The molecule has 5 nitrogen and oxygen atoms in total. The summed E-state index contributed by atoms with van der Waals surface area (Å²) in [4.78, 5) is 29.3. The summed E-state index contributed by atoms with van der Waals surface area (Å²) >= 11 is 3.48. The normalized spacial score (nSPS) is 10.9. The first kappa shape index (κ1) is 21.6. The Morgan fingerprint density at radius 2 is 1.75 bits per heavy atom. The van der Waals surface area contributed by atoms with Crippen LogP contribution in [0.15, 0.2) is 65.1 Å². The van der Waals surface area contributed by atoms with Gasteiger partial charge in [0.15, 0.2) is 0 Å². The van der Waals surface area contributed by atoms with Crippen LogP contribution < -0.4 is 5.32 Å². The topological polar surface area (TPSA) is 79.3 Å². The maximum absolute atomic E-state index is 14.5. The lowest BCUT2D eigenvalue weighted by atomic mass is 9.95. The number of fused-ring (bicyclic) bond motifs is 1. The van der Waals surface area contributed by atoms with Crippen LogP contribution in [-0.4, -0.2) is 22.0 Å². The molecule has 0 atom stereocenters. The van der Waals surface area contributed by atoms with E-state index >= 15 is 0 Å². The Labute approximate surface area is 192 Å². The van der Waals surface area contributed by atoms with Crippen LogP contribution in [0.4, 0.5) is 10.1 Å². The molecule has 0 unspecified atom stereocenters. The predicted octanol–water partition coefficient (Wildman–Crippen LogP) is 6.37. The van der Waals surface area contributed by atoms with Gasteiger partial charge in [0, 0.05) is 15.4 Å². The molecule has 1 amide bonds. The SMILES string of the molecule is Cc1c(-c2ccccc2)nc2c(C)cc(Br)cc2c1C(=O)Nc1ccc(C(=O)O)cc1F. The summed E-state index contributed by atoms with van der Waals surface area (Å²) in [7, 11) is 0. The van der Waals surface area contributed by atoms with Crippen LogP contribution in [0.1, 0.15) is 31.8 Å². The number of aromatic carboxylic acids is 1. The van der Waals surface area contributed by atoms with Gasteiger partial charge in [-0.15, -0.1) is 0 Å². The zero-order valence-corrected chi connectivity index (χ0v) is 18.8. The summed E-state index contributed by atoms with van der Waals surface area (Å²) in [6.07, 6.45) is 0. The zero-order valence-electron chi connectivity index (χ0n) is 17.2. The van der Waals surface area contributed by atoms with Crippen LogP contribution in [0.2, 0.25) is 0 Å². The van der Waals surface area contributed by atoms with E-state index in [4.69, 9.17) is 10.1 Å². The van der Waals surface area contributed by atoms with E-state index in [1.165, 1.54) is 12.1 Å². The van der Waals surface area contributed by atoms with Gasteiger partial charge in [-0.05, 0) is 55.3 Å². The molecule has 0 radical (unpaired) electrons. The molecule has 0 bridgehead atoms. The first-order valence-electron chi connectivity index (χ1n) is 9.76. The number of carboxylic acid groups (broad SMARTS) is 1. The van der Waals surface area contributed by atoms with E-state index in [1.54, 1.807) is 0 Å². The monoisotopic (exact) mass is 492 g/mol. The largest absolute Gasteiger partial charge is 0.478 e. The van der Waals surface area contributed by atoms with Crippen LogP contribution >= 0.6 is 15.9 Å². The van der Waals surface area contributed by atoms with Crippen LogP contribution in [0.5, 0.6) is 0 Å². The number of halogens is 2. The maximum Gasteiger partial charge on any atom is 0.335 e. The van der Waals surface area contributed by atoms with Crippen LogP contribution in [-0.2, 0) is 0 Å². The Kier molecular flexibility index (Phi) is 5.76. The molecule has 160 valence electrons. The molecule has 0 aliphatic rings. The van der Waals surface area contributed by atoms with Crippen molar-refractivity contribution in [3.8, 4) is 11.3 Å². The molecule has 1 aromatic heterocycles. The second-order valence-electron chi connectivity index (χ2n) is 7.40. The van der Waals surface area contributed by atoms with Crippen LogP contribution in [0.3, 0.4) is 0 Å². The number of hydrogen-bond acceptors (Lipinski definition) is 3. The van der Waals surface area contributed by atoms with Crippen molar-refractivity contribution in [2.24, 2.45) is 0 Å². The van der Waals surface area contributed by atoms with E-state index in [-0.39, 0.29) is 11.3 Å². The molecule has 0 saturated heterocycles. The quantitative estimate of drug-likeness (QED) is 0.346. The Hall–Kier alpha value is -3.58. The number of anilines is 1. The van der Waals surface area contributed by atoms with Crippen molar-refractivity contribution in [2.75, 3.05) is 5.32 Å². The van der Waals surface area contributed by atoms with Crippen molar-refractivity contribution in [1.29, 1.82) is 0 Å². The smallest absolute Gasteiger partial charge is 0.335 e. The number of nitrogens with one attached hydrogen (secondary N) is 1. The maximum atomic E-state index is 14.5. The highest BCUT2D eigenvalue weighted by Gasteiger charge is 2.21. The highest BCUT2D eigenvalue weighted by molar-refractivity contribution is 9.10. The minimum atomic E-state index is -1.24. The van der Waals surface area contributed by atoms with Gasteiger partial charge in [0.05, 0.1) is 28.0 Å². The summed E-state index contributed by atoms with van der Waals surface area (Å²) in [6, 6.07) is 16.6. The van der Waals surface area contributed by atoms with Gasteiger partial charge >= 0.3 is 5.97 Å². The molecule has 4 aromatic rings. The van der Waals surface area contributed by atoms with Gasteiger partial charge in [0.1, 0.15) is 5.82 Å². The minimum Gasteiger partial charge on any atom is -0.478 e. The molecule has 7 heteroatoms. The molecular weight excluding hydrogens is 475 g/mol. The third-order valence-electron chi connectivity index (χ3n) is 5.23. The van der Waals surface area contributed by atoms with Crippen molar-refractivity contribution >= 4 is 44.4 Å². The number of aromatic nitrogens is 1. The average Bonchev–Trinajstić information content (AvgIpc) is 2.75. The number of hydrogen-bond donors (Lipinski definition) is 2. The van der Waals surface area contributed by atoms with Crippen molar-refractivity contribution < 1.29 is 19.1 Å². The summed E-state index contributed by atoms with van der Waals surface area (Å²) < 4.78 is 15.3. The van der Waals surface area contributed by atoms with Gasteiger partial charge in [0.2, 0.25) is 0 Å². The van der Waals surface area contributed by atoms with Crippen molar-refractivity contribution in [1.82, 2.24) is 4.98 Å². The fraction of sp³-hybridized carbons (Fsp3) is 0.0800. The second-order valence-corrected chi connectivity index (χ2v) is 8.31. The van der Waals surface area contributed by atoms with E-state index in [0.717, 1.165) is 21.7 Å². The predicted molar refractivity (Wildman–Crippen MR) is 126 cm³/mol. The zero-order chi connectivity index (χ0) is 23.0. The van der Waals surface area contributed by atoms with Gasteiger partial charge in [-0.1, -0.05) is 46.3 Å². The molecule has 0 aliphatic carbocycles. The molecule has 0 aliphatic heterocycles. The number of carbonyl (C=O) groups is 2. The van der Waals surface area contributed by atoms with E-state index in [9.17, 15) is 14.0 Å². The number of carboxylic acids is 1. The number of nitrogens with zero attached hydrogens (tertiary/aromatic N) is 1. The lowest BCUT2D eigenvalue weighted by Crippen LogP contribution is -2.16. The summed E-state index contributed by atoms with van der Waals surface area (Å²) in [5.41, 5.74) is 3.81. The third-order valence-corrected chi connectivity index (χ3v) is 5.68. The van der Waals surface area contributed by atoms with E-state index in [2.05, 4.69) is 21.2 Å². The lowest BCUT2D eigenvalue weighted by Gasteiger charge is -2.16. The van der Waals surface area contributed by atoms with Gasteiger partial charge < -0.3 is 10.4 Å². The second kappa shape index (κ2) is 8.51. The van der Waals surface area contributed by atoms with E-state index in [1.807, 2.05) is 56.3 Å². The molecule has 0 spiro atoms. The third kappa shape index (κ3) is 3.99. The minimum absolute atomic E-state index is 0.0997. The molecule has 2 N–H and O–H groups in total. The van der Waals surface area contributed by atoms with Gasteiger partial charge in [-0.3, -0.25) is 4.79 Å². The average molecular weight is 493 g/mol. The van der Waals surface area contributed by atoms with Gasteiger partial charge in [0.25, 0.3) is 5.91 Å². The van der Waals surface area contributed by atoms with Crippen molar-refractivity contribution in [2.45, 2.75) is 13.8 Å². The molecule has 3 aromatic carbocycles. The number of pyridine rings is 1. The van der Waals surface area contributed by atoms with Gasteiger partial charge in [-0.2, -0.15) is 0 Å². The lowest BCUT2D eigenvalue weighted by molar-refractivity contribution is 0.0696. The standard InChI is InChI=1S/C25H18BrFN2O3/c1-13-10-17(26)12-18-21(14(2)23(29-22(13)18)15-6-4-3-5-7-15)24(30)28-20-9-8-16(25(31)32)11-19(20)27/h3-12H,1-2H3,(H,28,30)(H,31,32). The Morgan fingerprint density at radius 1 is 1.03 bits per heavy atom. The molecule has 4 rings (SSSR count). The summed E-state index contributed by atoms with van der Waals surface area (Å²) in [6.45, 7) is 3.72. The molecular formula is C25H18BrFN2O3. The number of aryl methyl sites for hydroxylation is 1. The van der Waals surface area contributed by atoms with E-state index in [0.29, 0.717) is 27.7 Å². The van der Waals surface area contributed by atoms with E-state index < -0.39 is 17.7 Å². The number of carbonyl (C=O) groups excluding carboxylic acids is 1. The summed E-state index contributed by atoms with van der Waals surface area (Å²) in [5, 5.41) is 12.3. The fourth-order valence-electron chi connectivity index (χ4n) is 3.69. The molecule has 0 saturated carbocycles. The highest BCUT2D eigenvalue weighted by atomic mass is 79.9. The number of benzene rings is 3. The fourth-order valence-corrected chi connectivity index (χ4v) is 4.27. The molecule has 0 fully saturated rings. The molecule has 1 heterocycles. The van der Waals surface area contributed by atoms with Crippen LogP contribution in [0, 0.1) is 19.7 Å². The Bertz CT molecular complexity index is 1390. The highest BCUT2D eigenvalue weighted by Crippen LogP contribution is 2.33.